The third-order valence-corrected chi connectivity index (χ3v) is 6.47. The van der Waals surface area contributed by atoms with Crippen molar-refractivity contribution in [2.24, 2.45) is 5.41 Å². The Morgan fingerprint density at radius 1 is 1.07 bits per heavy atom. The van der Waals surface area contributed by atoms with Crippen molar-refractivity contribution in [2.75, 3.05) is 18.4 Å². The monoisotopic (exact) mass is 396 g/mol. The van der Waals surface area contributed by atoms with E-state index in [1.54, 1.807) is 6.33 Å². The molecule has 0 unspecified atom stereocenters. The first kappa shape index (κ1) is 17.6. The second-order valence-corrected chi connectivity index (χ2v) is 8.77. The number of aryl methyl sites for hydroxylation is 1. The molecule has 4 heterocycles. The number of fused-ring (bicyclic) bond motifs is 1. The number of imidazole rings is 1. The number of nitrogens with zero attached hydrogens (tertiary/aromatic N) is 3. The highest BCUT2D eigenvalue weighted by atomic mass is 15.0. The summed E-state index contributed by atoms with van der Waals surface area (Å²) in [5, 5.41) is 8.18. The molecule has 1 aliphatic heterocycles. The fourth-order valence-electron chi connectivity index (χ4n) is 4.84. The normalized spacial score (nSPS) is 17.6. The zero-order chi connectivity index (χ0) is 20.1. The summed E-state index contributed by atoms with van der Waals surface area (Å²) in [7, 11) is 0. The van der Waals surface area contributed by atoms with Crippen molar-refractivity contribution >= 4 is 16.6 Å². The lowest BCUT2D eigenvalue weighted by Gasteiger charge is -2.54. The Bertz CT molecular complexity index is 1230. The van der Waals surface area contributed by atoms with Crippen molar-refractivity contribution < 1.29 is 0 Å². The summed E-state index contributed by atoms with van der Waals surface area (Å²) in [4.78, 5) is 17.2. The number of anilines is 1. The number of aromatic amines is 1. The van der Waals surface area contributed by atoms with Crippen molar-refractivity contribution in [1.29, 1.82) is 0 Å². The van der Waals surface area contributed by atoms with Gasteiger partial charge in [-0.15, -0.1) is 0 Å². The average Bonchev–Trinajstić information content (AvgIpc) is 3.18. The largest absolute Gasteiger partial charge is 0.381 e. The highest BCUT2D eigenvalue weighted by molar-refractivity contribution is 5.88. The van der Waals surface area contributed by atoms with Crippen molar-refractivity contribution in [3.8, 4) is 22.6 Å². The number of rotatable bonds is 4. The minimum absolute atomic E-state index is 0.555. The molecule has 1 saturated carbocycles. The molecule has 6 nitrogen and oxygen atoms in total. The van der Waals surface area contributed by atoms with E-state index in [4.69, 9.17) is 0 Å². The lowest BCUT2D eigenvalue weighted by molar-refractivity contribution is 0.0470. The van der Waals surface area contributed by atoms with Gasteiger partial charge in [-0.3, -0.25) is 9.97 Å². The first-order valence-electron chi connectivity index (χ1n) is 10.5. The van der Waals surface area contributed by atoms with Gasteiger partial charge in [0, 0.05) is 35.8 Å². The van der Waals surface area contributed by atoms with E-state index in [2.05, 4.69) is 54.8 Å². The van der Waals surface area contributed by atoms with Crippen LogP contribution >= 0.6 is 0 Å². The van der Waals surface area contributed by atoms with E-state index in [0.717, 1.165) is 44.9 Å². The fourth-order valence-corrected chi connectivity index (χ4v) is 4.84. The summed E-state index contributed by atoms with van der Waals surface area (Å²) in [6, 6.07) is 15.1. The van der Waals surface area contributed by atoms with Crippen molar-refractivity contribution in [3.63, 3.8) is 0 Å². The van der Waals surface area contributed by atoms with Gasteiger partial charge in [-0.25, -0.2) is 4.98 Å². The van der Waals surface area contributed by atoms with Crippen LogP contribution in [0, 0.1) is 12.3 Å². The zero-order valence-corrected chi connectivity index (χ0v) is 16.9. The summed E-state index contributed by atoms with van der Waals surface area (Å²) < 4.78 is 0. The summed E-state index contributed by atoms with van der Waals surface area (Å²) in [5.41, 5.74) is 7.44. The Kier molecular flexibility index (Phi) is 3.89. The second kappa shape index (κ2) is 6.64. The van der Waals surface area contributed by atoms with Crippen molar-refractivity contribution in [2.45, 2.75) is 25.8 Å². The average molecular weight is 396 g/mol. The molecule has 0 amide bonds. The first-order valence-corrected chi connectivity index (χ1v) is 10.5. The van der Waals surface area contributed by atoms with E-state index in [-0.39, 0.29) is 0 Å². The van der Waals surface area contributed by atoms with E-state index in [1.807, 2.05) is 31.3 Å². The predicted molar refractivity (Wildman–Crippen MR) is 119 cm³/mol. The van der Waals surface area contributed by atoms with E-state index < -0.39 is 0 Å². The predicted octanol–water partition coefficient (Wildman–Crippen LogP) is 4.16. The summed E-state index contributed by atoms with van der Waals surface area (Å²) in [6.07, 6.45) is 6.18. The Labute approximate surface area is 175 Å². The molecule has 1 saturated heterocycles. The Morgan fingerprint density at radius 2 is 1.97 bits per heavy atom. The highest BCUT2D eigenvalue weighted by Crippen LogP contribution is 2.45. The molecule has 1 aliphatic carbocycles. The van der Waals surface area contributed by atoms with Crippen LogP contribution in [0.1, 0.15) is 18.5 Å². The van der Waals surface area contributed by atoms with Gasteiger partial charge in [0.2, 0.25) is 0 Å². The van der Waals surface area contributed by atoms with Gasteiger partial charge < -0.3 is 15.6 Å². The fraction of sp³-hybridized carbons (Fsp3) is 0.292. The van der Waals surface area contributed by atoms with Crippen LogP contribution in [0.5, 0.6) is 0 Å². The molecule has 30 heavy (non-hydrogen) atoms. The van der Waals surface area contributed by atoms with Gasteiger partial charge in [-0.1, -0.05) is 12.1 Å². The minimum Gasteiger partial charge on any atom is -0.381 e. The topological polar surface area (TPSA) is 78.5 Å². The standard InChI is InChI=1S/C24H24N6/c1-15-3-2-4-21(29-15)23-22(27-14-28-23)16-5-6-20-17(7-16)8-18(11-26-20)30-19-9-24(10-19)12-25-13-24/h2-8,11,14,19,25,30H,9-10,12-13H2,1H3,(H,27,28). The van der Waals surface area contributed by atoms with Gasteiger partial charge in [0.05, 0.1) is 40.8 Å². The molecule has 3 aromatic heterocycles. The quantitative estimate of drug-likeness (QED) is 0.483. The summed E-state index contributed by atoms with van der Waals surface area (Å²) >= 11 is 0. The Morgan fingerprint density at radius 3 is 2.77 bits per heavy atom. The SMILES string of the molecule is Cc1cccc(-c2[nH]cnc2-c2ccc3ncc(NC4CC5(CNC5)C4)cc3c2)n1. The number of aromatic nitrogens is 4. The van der Waals surface area contributed by atoms with Gasteiger partial charge in [-0.05, 0) is 55.5 Å². The highest BCUT2D eigenvalue weighted by Gasteiger charge is 2.48. The number of H-pyrrole nitrogens is 1. The number of benzene rings is 1. The van der Waals surface area contributed by atoms with Crippen LogP contribution in [-0.4, -0.2) is 39.1 Å². The van der Waals surface area contributed by atoms with Gasteiger partial charge >= 0.3 is 0 Å². The molecule has 0 bridgehead atoms. The molecule has 2 aliphatic rings. The minimum atomic E-state index is 0.555. The number of hydrogen-bond donors (Lipinski definition) is 3. The molecule has 0 radical (unpaired) electrons. The molecule has 1 spiro atoms. The number of nitrogens with one attached hydrogen (secondary N) is 3. The molecular formula is C24H24N6. The maximum absolute atomic E-state index is 4.66. The van der Waals surface area contributed by atoms with Crippen LogP contribution in [0.4, 0.5) is 5.69 Å². The Hall–Kier alpha value is -3.25. The summed E-state index contributed by atoms with van der Waals surface area (Å²) in [6.45, 7) is 4.35. The molecule has 2 fully saturated rings. The van der Waals surface area contributed by atoms with Crippen molar-refractivity contribution in [3.05, 3.63) is 60.7 Å². The van der Waals surface area contributed by atoms with Gasteiger partial charge in [0.25, 0.3) is 0 Å². The molecule has 0 atom stereocenters. The van der Waals surface area contributed by atoms with E-state index >= 15 is 0 Å². The number of hydrogen-bond acceptors (Lipinski definition) is 5. The molecule has 6 rings (SSSR count). The van der Waals surface area contributed by atoms with E-state index in [9.17, 15) is 0 Å². The first-order chi connectivity index (χ1) is 14.7. The smallest absolute Gasteiger partial charge is 0.0977 e. The maximum atomic E-state index is 4.66. The lowest BCUT2D eigenvalue weighted by Crippen LogP contribution is -2.63. The summed E-state index contributed by atoms with van der Waals surface area (Å²) in [5.74, 6) is 0. The molecule has 150 valence electrons. The molecule has 3 N–H and O–H groups in total. The van der Waals surface area contributed by atoms with Crippen molar-refractivity contribution in [1.82, 2.24) is 25.3 Å². The van der Waals surface area contributed by atoms with Crippen LogP contribution in [0.15, 0.2) is 55.0 Å². The van der Waals surface area contributed by atoms with E-state index in [1.165, 1.54) is 25.9 Å². The van der Waals surface area contributed by atoms with Crippen LogP contribution in [0.3, 0.4) is 0 Å². The van der Waals surface area contributed by atoms with Gasteiger partial charge in [0.1, 0.15) is 0 Å². The third-order valence-electron chi connectivity index (χ3n) is 6.47. The Balaban J connectivity index is 1.30. The zero-order valence-electron chi connectivity index (χ0n) is 16.9. The van der Waals surface area contributed by atoms with Crippen LogP contribution in [0.2, 0.25) is 0 Å². The van der Waals surface area contributed by atoms with Gasteiger partial charge in [0.15, 0.2) is 0 Å². The van der Waals surface area contributed by atoms with E-state index in [0.29, 0.717) is 11.5 Å². The van der Waals surface area contributed by atoms with Crippen LogP contribution in [0.25, 0.3) is 33.5 Å². The van der Waals surface area contributed by atoms with Crippen LogP contribution < -0.4 is 10.6 Å². The van der Waals surface area contributed by atoms with Crippen LogP contribution in [-0.2, 0) is 0 Å². The third kappa shape index (κ3) is 2.95. The molecule has 6 heteroatoms. The molecular weight excluding hydrogens is 372 g/mol. The molecule has 4 aromatic rings. The molecule has 1 aromatic carbocycles. The maximum Gasteiger partial charge on any atom is 0.0977 e. The van der Waals surface area contributed by atoms with Gasteiger partial charge in [-0.2, -0.15) is 0 Å². The lowest BCUT2D eigenvalue weighted by atomic mass is 9.61. The number of pyridine rings is 2. The second-order valence-electron chi connectivity index (χ2n) is 8.77.